The highest BCUT2D eigenvalue weighted by molar-refractivity contribution is 7.98. The zero-order chi connectivity index (χ0) is 15.2. The largest absolute Gasteiger partial charge is 0.496 e. The fraction of sp³-hybridized carbons (Fsp3) is 0.562. The van der Waals surface area contributed by atoms with Crippen LogP contribution in [0.1, 0.15) is 18.5 Å². The standard InChI is InChI=1S/C16H24N2O2S/c1-12(11-21-3)16(19)18-9-8-17-10-14(18)13-6-4-5-7-15(13)20-2/h4-7,12,14,17H,8-11H2,1-3H3. The number of piperazine rings is 1. The summed E-state index contributed by atoms with van der Waals surface area (Å²) in [5, 5.41) is 3.39. The molecule has 0 aliphatic carbocycles. The van der Waals surface area contributed by atoms with Crippen LogP contribution < -0.4 is 10.1 Å². The fourth-order valence-electron chi connectivity index (χ4n) is 2.79. The van der Waals surface area contributed by atoms with E-state index in [4.69, 9.17) is 4.74 Å². The van der Waals surface area contributed by atoms with Gasteiger partial charge in [-0.15, -0.1) is 0 Å². The van der Waals surface area contributed by atoms with Gasteiger partial charge in [0.2, 0.25) is 5.91 Å². The number of ether oxygens (including phenoxy) is 1. The number of nitrogens with zero attached hydrogens (tertiary/aromatic N) is 1. The second-order valence-corrected chi connectivity index (χ2v) is 6.26. The number of amides is 1. The Morgan fingerprint density at radius 1 is 1.52 bits per heavy atom. The Balaban J connectivity index is 2.24. The van der Waals surface area contributed by atoms with E-state index in [1.807, 2.05) is 36.3 Å². The maximum atomic E-state index is 12.7. The zero-order valence-corrected chi connectivity index (χ0v) is 13.8. The lowest BCUT2D eigenvalue weighted by Crippen LogP contribution is -2.50. The monoisotopic (exact) mass is 308 g/mol. The normalized spacial score (nSPS) is 20.1. The number of rotatable bonds is 5. The van der Waals surface area contributed by atoms with Gasteiger partial charge in [0.15, 0.2) is 0 Å². The molecule has 2 unspecified atom stereocenters. The van der Waals surface area contributed by atoms with Crippen molar-refractivity contribution < 1.29 is 9.53 Å². The topological polar surface area (TPSA) is 41.6 Å². The van der Waals surface area contributed by atoms with Gasteiger partial charge in [-0.2, -0.15) is 11.8 Å². The second-order valence-electron chi connectivity index (χ2n) is 5.35. The van der Waals surface area contributed by atoms with Crippen LogP contribution in [0, 0.1) is 5.92 Å². The summed E-state index contributed by atoms with van der Waals surface area (Å²) >= 11 is 1.72. The van der Waals surface area contributed by atoms with Crippen molar-refractivity contribution in [3.8, 4) is 5.75 Å². The summed E-state index contributed by atoms with van der Waals surface area (Å²) in [6.07, 6.45) is 2.04. The van der Waals surface area contributed by atoms with Gasteiger partial charge in [-0.1, -0.05) is 25.1 Å². The van der Waals surface area contributed by atoms with Gasteiger partial charge < -0.3 is 15.0 Å². The van der Waals surface area contributed by atoms with Crippen LogP contribution in [0.3, 0.4) is 0 Å². The molecule has 21 heavy (non-hydrogen) atoms. The van der Waals surface area contributed by atoms with Crippen LogP contribution in [0.2, 0.25) is 0 Å². The quantitative estimate of drug-likeness (QED) is 0.905. The van der Waals surface area contributed by atoms with Crippen LogP contribution in [0.5, 0.6) is 5.75 Å². The Labute approximate surface area is 131 Å². The van der Waals surface area contributed by atoms with Gasteiger partial charge in [-0.3, -0.25) is 4.79 Å². The molecule has 2 rings (SSSR count). The highest BCUT2D eigenvalue weighted by Gasteiger charge is 2.31. The molecule has 116 valence electrons. The molecule has 1 saturated heterocycles. The van der Waals surface area contributed by atoms with E-state index in [9.17, 15) is 4.79 Å². The Hall–Kier alpha value is -1.20. The Kier molecular flexibility index (Phi) is 5.94. The van der Waals surface area contributed by atoms with E-state index in [0.717, 1.165) is 36.7 Å². The lowest BCUT2D eigenvalue weighted by Gasteiger charge is -2.38. The predicted molar refractivity (Wildman–Crippen MR) is 87.9 cm³/mol. The Bertz CT molecular complexity index is 481. The van der Waals surface area contributed by atoms with Crippen molar-refractivity contribution in [1.29, 1.82) is 0 Å². The van der Waals surface area contributed by atoms with Crippen LogP contribution in [-0.4, -0.2) is 49.6 Å². The second kappa shape index (κ2) is 7.71. The third-order valence-electron chi connectivity index (χ3n) is 3.86. The van der Waals surface area contributed by atoms with E-state index in [2.05, 4.69) is 11.4 Å². The van der Waals surface area contributed by atoms with Crippen molar-refractivity contribution in [2.75, 3.05) is 38.8 Å². The first-order valence-corrected chi connectivity index (χ1v) is 8.71. The minimum Gasteiger partial charge on any atom is -0.496 e. The lowest BCUT2D eigenvalue weighted by molar-refractivity contribution is -0.137. The van der Waals surface area contributed by atoms with E-state index in [1.54, 1.807) is 18.9 Å². The fourth-order valence-corrected chi connectivity index (χ4v) is 3.43. The van der Waals surface area contributed by atoms with Crippen molar-refractivity contribution in [1.82, 2.24) is 10.2 Å². The minimum absolute atomic E-state index is 0.0479. The summed E-state index contributed by atoms with van der Waals surface area (Å²) in [6.45, 7) is 4.39. The molecule has 0 radical (unpaired) electrons. The number of benzene rings is 1. The van der Waals surface area contributed by atoms with Gasteiger partial charge in [-0.05, 0) is 12.3 Å². The van der Waals surface area contributed by atoms with Crippen LogP contribution in [0.25, 0.3) is 0 Å². The molecule has 1 aliphatic heterocycles. The average molecular weight is 308 g/mol. The van der Waals surface area contributed by atoms with Crippen molar-refractivity contribution in [2.24, 2.45) is 5.92 Å². The number of hydrogen-bond acceptors (Lipinski definition) is 4. The summed E-state index contributed by atoms with van der Waals surface area (Å²) in [6, 6.07) is 8.02. The molecular weight excluding hydrogens is 284 g/mol. The van der Waals surface area contributed by atoms with Gasteiger partial charge in [0.05, 0.1) is 13.2 Å². The number of methoxy groups -OCH3 is 1. The summed E-state index contributed by atoms with van der Waals surface area (Å²) in [5.74, 6) is 2.00. The van der Waals surface area contributed by atoms with E-state index >= 15 is 0 Å². The van der Waals surface area contributed by atoms with E-state index < -0.39 is 0 Å². The molecule has 1 aromatic carbocycles. The molecule has 0 spiro atoms. The SMILES string of the molecule is COc1ccccc1C1CNCCN1C(=O)C(C)CSC. The van der Waals surface area contributed by atoms with E-state index in [-0.39, 0.29) is 17.9 Å². The number of carbonyl (C=O) groups is 1. The first-order valence-electron chi connectivity index (χ1n) is 7.32. The highest BCUT2D eigenvalue weighted by atomic mass is 32.2. The molecule has 1 aromatic rings. The molecule has 0 saturated carbocycles. The number of hydrogen-bond donors (Lipinski definition) is 1. The molecular formula is C16H24N2O2S. The molecule has 4 nitrogen and oxygen atoms in total. The summed E-state index contributed by atoms with van der Waals surface area (Å²) in [5.41, 5.74) is 1.08. The third kappa shape index (κ3) is 3.71. The van der Waals surface area contributed by atoms with Gasteiger partial charge in [0, 0.05) is 36.9 Å². The molecule has 2 atom stereocenters. The molecule has 1 fully saturated rings. The smallest absolute Gasteiger partial charge is 0.226 e. The summed E-state index contributed by atoms with van der Waals surface area (Å²) < 4.78 is 5.46. The van der Waals surface area contributed by atoms with Crippen LogP contribution in [-0.2, 0) is 4.79 Å². The zero-order valence-electron chi connectivity index (χ0n) is 13.0. The molecule has 1 aliphatic rings. The number of para-hydroxylation sites is 1. The Morgan fingerprint density at radius 2 is 2.29 bits per heavy atom. The maximum Gasteiger partial charge on any atom is 0.226 e. The van der Waals surface area contributed by atoms with Gasteiger partial charge in [0.25, 0.3) is 0 Å². The third-order valence-corrected chi connectivity index (χ3v) is 4.70. The van der Waals surface area contributed by atoms with Crippen molar-refractivity contribution >= 4 is 17.7 Å². The highest BCUT2D eigenvalue weighted by Crippen LogP contribution is 2.31. The first-order chi connectivity index (χ1) is 10.2. The van der Waals surface area contributed by atoms with Crippen molar-refractivity contribution in [2.45, 2.75) is 13.0 Å². The minimum atomic E-state index is 0.0479. The average Bonchev–Trinajstić information content (AvgIpc) is 2.54. The van der Waals surface area contributed by atoms with Gasteiger partial charge >= 0.3 is 0 Å². The molecule has 1 amide bonds. The molecule has 0 bridgehead atoms. The number of nitrogens with one attached hydrogen (secondary N) is 1. The van der Waals surface area contributed by atoms with Crippen LogP contribution in [0.4, 0.5) is 0 Å². The van der Waals surface area contributed by atoms with Crippen LogP contribution in [0.15, 0.2) is 24.3 Å². The van der Waals surface area contributed by atoms with Crippen LogP contribution >= 0.6 is 11.8 Å². The number of thioether (sulfide) groups is 1. The lowest BCUT2D eigenvalue weighted by atomic mass is 10.00. The molecule has 1 heterocycles. The van der Waals surface area contributed by atoms with Gasteiger partial charge in [0.1, 0.15) is 5.75 Å². The van der Waals surface area contributed by atoms with Crippen molar-refractivity contribution in [3.63, 3.8) is 0 Å². The summed E-state index contributed by atoms with van der Waals surface area (Å²) in [7, 11) is 1.68. The van der Waals surface area contributed by atoms with E-state index in [0.29, 0.717) is 0 Å². The molecule has 5 heteroatoms. The summed E-state index contributed by atoms with van der Waals surface area (Å²) in [4.78, 5) is 14.7. The molecule has 0 aromatic heterocycles. The van der Waals surface area contributed by atoms with Crippen molar-refractivity contribution in [3.05, 3.63) is 29.8 Å². The predicted octanol–water partition coefficient (Wildman–Crippen LogP) is 2.17. The maximum absolute atomic E-state index is 12.7. The number of carbonyl (C=O) groups excluding carboxylic acids is 1. The van der Waals surface area contributed by atoms with E-state index in [1.165, 1.54) is 0 Å². The first kappa shape index (κ1) is 16.2. The van der Waals surface area contributed by atoms with Gasteiger partial charge in [-0.25, -0.2) is 0 Å². The Morgan fingerprint density at radius 3 is 3.00 bits per heavy atom. The molecule has 1 N–H and O–H groups in total.